The lowest BCUT2D eigenvalue weighted by Crippen LogP contribution is -2.45. The highest BCUT2D eigenvalue weighted by Crippen LogP contribution is 2.37. The van der Waals surface area contributed by atoms with Gasteiger partial charge in [0, 0.05) is 31.5 Å². The molecule has 160 valence electrons. The van der Waals surface area contributed by atoms with Gasteiger partial charge in [-0.15, -0.1) is 0 Å². The number of aliphatic carboxylic acids is 1. The molecule has 1 aliphatic heterocycles. The lowest BCUT2D eigenvalue weighted by atomic mass is 9.83. The highest BCUT2D eigenvalue weighted by atomic mass is 16.4. The van der Waals surface area contributed by atoms with E-state index >= 15 is 0 Å². The van der Waals surface area contributed by atoms with Gasteiger partial charge in [0.25, 0.3) is 0 Å². The summed E-state index contributed by atoms with van der Waals surface area (Å²) in [5.74, 6) is -1.03. The number of carboxylic acid groups (broad SMARTS) is 1. The van der Waals surface area contributed by atoms with Crippen LogP contribution in [0, 0.1) is 11.8 Å². The van der Waals surface area contributed by atoms with E-state index in [2.05, 4.69) is 12.2 Å². The summed E-state index contributed by atoms with van der Waals surface area (Å²) >= 11 is 0. The topological polar surface area (TPSA) is 86.7 Å². The minimum atomic E-state index is -0.878. The molecule has 5 unspecified atom stereocenters. The fourth-order valence-corrected chi connectivity index (χ4v) is 4.69. The number of hydrogen-bond acceptors (Lipinski definition) is 4. The molecule has 0 aromatic heterocycles. The van der Waals surface area contributed by atoms with E-state index in [9.17, 15) is 19.5 Å². The minimum Gasteiger partial charge on any atom is -0.480 e. The zero-order valence-electron chi connectivity index (χ0n) is 17.9. The van der Waals surface area contributed by atoms with Crippen LogP contribution in [0.5, 0.6) is 0 Å². The van der Waals surface area contributed by atoms with Crippen LogP contribution in [0.4, 0.5) is 0 Å². The van der Waals surface area contributed by atoms with Crippen molar-refractivity contribution < 1.29 is 19.5 Å². The van der Waals surface area contributed by atoms with E-state index in [0.29, 0.717) is 19.4 Å². The van der Waals surface area contributed by atoms with Crippen molar-refractivity contribution in [1.82, 2.24) is 10.2 Å². The lowest BCUT2D eigenvalue weighted by molar-refractivity contribution is -0.143. The highest BCUT2D eigenvalue weighted by Gasteiger charge is 2.47. The van der Waals surface area contributed by atoms with E-state index in [1.807, 2.05) is 42.2 Å². The summed E-state index contributed by atoms with van der Waals surface area (Å²) in [4.78, 5) is 38.0. The molecule has 2 N–H and O–H groups in total. The molecule has 1 saturated heterocycles. The highest BCUT2D eigenvalue weighted by molar-refractivity contribution is 5.82. The number of carbonyl (C=O) groups is 3. The maximum absolute atomic E-state index is 12.4. The molecule has 6 nitrogen and oxygen atoms in total. The van der Waals surface area contributed by atoms with Crippen LogP contribution in [-0.4, -0.2) is 45.8 Å². The number of carboxylic acids is 1. The van der Waals surface area contributed by atoms with Crippen LogP contribution < -0.4 is 5.32 Å². The van der Waals surface area contributed by atoms with Gasteiger partial charge >= 0.3 is 5.97 Å². The number of rotatable bonds is 10. The van der Waals surface area contributed by atoms with Crippen molar-refractivity contribution in [3.8, 4) is 0 Å². The molecule has 0 aliphatic carbocycles. The van der Waals surface area contributed by atoms with Crippen LogP contribution in [0.15, 0.2) is 30.3 Å². The van der Waals surface area contributed by atoms with Crippen molar-refractivity contribution in [3.63, 3.8) is 0 Å². The second-order valence-corrected chi connectivity index (χ2v) is 8.31. The molecule has 5 atom stereocenters. The van der Waals surface area contributed by atoms with Gasteiger partial charge in [-0.05, 0) is 44.6 Å². The molecule has 0 bridgehead atoms. The second kappa shape index (κ2) is 10.5. The van der Waals surface area contributed by atoms with Crippen LogP contribution >= 0.6 is 0 Å². The number of ketones is 1. The van der Waals surface area contributed by atoms with Gasteiger partial charge < -0.3 is 10.4 Å². The molecule has 1 heterocycles. The van der Waals surface area contributed by atoms with Gasteiger partial charge in [0.15, 0.2) is 0 Å². The third kappa shape index (κ3) is 6.13. The lowest BCUT2D eigenvalue weighted by Gasteiger charge is -2.34. The van der Waals surface area contributed by atoms with Gasteiger partial charge in [-0.3, -0.25) is 19.3 Å². The molecule has 1 aromatic carbocycles. The number of nitrogens with zero attached hydrogens (tertiary/aromatic N) is 1. The Hall–Kier alpha value is -2.21. The van der Waals surface area contributed by atoms with Gasteiger partial charge in [0.1, 0.15) is 11.8 Å². The van der Waals surface area contributed by atoms with Crippen LogP contribution in [0.1, 0.15) is 58.9 Å². The first-order valence-corrected chi connectivity index (χ1v) is 10.5. The van der Waals surface area contributed by atoms with Crippen LogP contribution in [0.3, 0.4) is 0 Å². The summed E-state index contributed by atoms with van der Waals surface area (Å²) in [5.41, 5.74) is 1.04. The molecule has 29 heavy (non-hydrogen) atoms. The van der Waals surface area contributed by atoms with Crippen molar-refractivity contribution in [2.45, 2.75) is 78.0 Å². The normalized spacial score (nSPS) is 24.1. The van der Waals surface area contributed by atoms with Gasteiger partial charge in [-0.1, -0.05) is 43.7 Å². The van der Waals surface area contributed by atoms with Crippen molar-refractivity contribution in [2.75, 3.05) is 0 Å². The van der Waals surface area contributed by atoms with E-state index in [-0.39, 0.29) is 35.6 Å². The third-order valence-electron chi connectivity index (χ3n) is 6.12. The molecule has 1 amide bonds. The quantitative estimate of drug-likeness (QED) is 0.627. The summed E-state index contributed by atoms with van der Waals surface area (Å²) in [6, 6.07) is 8.94. The Morgan fingerprint density at radius 1 is 1.21 bits per heavy atom. The van der Waals surface area contributed by atoms with Gasteiger partial charge in [-0.25, -0.2) is 0 Å². The van der Waals surface area contributed by atoms with Crippen molar-refractivity contribution in [1.29, 1.82) is 0 Å². The number of nitrogens with one attached hydrogen (secondary N) is 1. The average molecular weight is 403 g/mol. The first-order valence-electron chi connectivity index (χ1n) is 10.5. The Balaban J connectivity index is 2.32. The second-order valence-electron chi connectivity index (χ2n) is 8.31. The first-order chi connectivity index (χ1) is 13.7. The summed E-state index contributed by atoms with van der Waals surface area (Å²) < 4.78 is 0. The van der Waals surface area contributed by atoms with Crippen LogP contribution in [0.25, 0.3) is 0 Å². The number of Topliss-reactive ketones (excluding diaryl/α,β-unsaturated/α-hetero) is 1. The zero-order valence-corrected chi connectivity index (χ0v) is 17.9. The van der Waals surface area contributed by atoms with E-state index in [4.69, 9.17) is 0 Å². The maximum atomic E-state index is 12.4. The molecule has 1 aromatic rings. The van der Waals surface area contributed by atoms with E-state index in [1.165, 1.54) is 6.92 Å². The Morgan fingerprint density at radius 2 is 1.86 bits per heavy atom. The average Bonchev–Trinajstić information content (AvgIpc) is 3.00. The summed E-state index contributed by atoms with van der Waals surface area (Å²) in [6.45, 7) is 7.67. The SMILES string of the molecule is CCCC(CC1C(C(C)=O)CC(C(=O)O)N1Cc1ccccc1)C(C)NC(C)=O. The number of amides is 1. The van der Waals surface area contributed by atoms with Crippen LogP contribution in [-0.2, 0) is 20.9 Å². The molecular formula is C23H34N2O4. The van der Waals surface area contributed by atoms with Crippen molar-refractivity contribution in [2.24, 2.45) is 11.8 Å². The Morgan fingerprint density at radius 3 is 2.38 bits per heavy atom. The maximum Gasteiger partial charge on any atom is 0.320 e. The van der Waals surface area contributed by atoms with Crippen molar-refractivity contribution >= 4 is 17.7 Å². The van der Waals surface area contributed by atoms with E-state index < -0.39 is 12.0 Å². The predicted octanol–water partition coefficient (Wildman–Crippen LogP) is 3.25. The van der Waals surface area contributed by atoms with Gasteiger partial charge in [-0.2, -0.15) is 0 Å². The zero-order chi connectivity index (χ0) is 21.6. The van der Waals surface area contributed by atoms with Gasteiger partial charge in [0.05, 0.1) is 0 Å². The largest absolute Gasteiger partial charge is 0.480 e. The minimum absolute atomic E-state index is 0.0255. The number of benzene rings is 1. The molecule has 1 fully saturated rings. The molecule has 1 aliphatic rings. The summed E-state index contributed by atoms with van der Waals surface area (Å²) in [7, 11) is 0. The Kier molecular flexibility index (Phi) is 8.38. The monoisotopic (exact) mass is 402 g/mol. The third-order valence-corrected chi connectivity index (χ3v) is 6.12. The standard InChI is InChI=1S/C23H34N2O4/c1-5-9-19(15(2)24-17(4)27)12-21-20(16(3)26)13-22(23(28)29)25(21)14-18-10-7-6-8-11-18/h6-8,10-11,15,19-22H,5,9,12-14H2,1-4H3,(H,24,27)(H,28,29). The van der Waals surface area contributed by atoms with Crippen molar-refractivity contribution in [3.05, 3.63) is 35.9 Å². The summed E-state index contributed by atoms with van der Waals surface area (Å²) in [6.07, 6.45) is 2.91. The Labute approximate surface area is 173 Å². The molecule has 6 heteroatoms. The molecule has 0 saturated carbocycles. The molecule has 0 radical (unpaired) electrons. The number of likely N-dealkylation sites (tertiary alicyclic amines) is 1. The van der Waals surface area contributed by atoms with E-state index in [1.54, 1.807) is 6.92 Å². The first kappa shape index (κ1) is 23.1. The Bertz CT molecular complexity index is 706. The number of carbonyl (C=O) groups excluding carboxylic acids is 2. The molecular weight excluding hydrogens is 368 g/mol. The van der Waals surface area contributed by atoms with Crippen LogP contribution in [0.2, 0.25) is 0 Å². The predicted molar refractivity (Wildman–Crippen MR) is 112 cm³/mol. The number of hydrogen-bond donors (Lipinski definition) is 2. The molecule has 0 spiro atoms. The fraction of sp³-hybridized carbons (Fsp3) is 0.609. The smallest absolute Gasteiger partial charge is 0.320 e. The van der Waals surface area contributed by atoms with Gasteiger partial charge in [0.2, 0.25) is 5.91 Å². The molecule has 2 rings (SSSR count). The summed E-state index contributed by atoms with van der Waals surface area (Å²) in [5, 5.41) is 12.8. The van der Waals surface area contributed by atoms with E-state index in [0.717, 1.165) is 18.4 Å². The fourth-order valence-electron chi connectivity index (χ4n) is 4.69.